The molecule has 1 aromatic rings. The van der Waals surface area contributed by atoms with Crippen molar-refractivity contribution in [2.24, 2.45) is 5.73 Å². The van der Waals surface area contributed by atoms with Gasteiger partial charge in [0.1, 0.15) is 10.8 Å². The lowest BCUT2D eigenvalue weighted by molar-refractivity contribution is 0.145. The van der Waals surface area contributed by atoms with E-state index in [1.54, 1.807) is 6.92 Å². The third-order valence-electron chi connectivity index (χ3n) is 1.70. The maximum atomic E-state index is 12.3. The first kappa shape index (κ1) is 10.3. The zero-order valence-corrected chi connectivity index (χ0v) is 7.78. The molecule has 2 nitrogen and oxygen atoms in total. The summed E-state index contributed by atoms with van der Waals surface area (Å²) in [6, 6.07) is 1.54. The van der Waals surface area contributed by atoms with Crippen LogP contribution >= 0.6 is 11.6 Å². The van der Waals surface area contributed by atoms with Crippen molar-refractivity contribution in [1.29, 1.82) is 0 Å². The standard InChI is InChI=1S/C8H9ClF2N2/c1-4-2-5(3-12)7(9)13-6(4)8(10)11/h2,8H,3,12H2,1H3. The summed E-state index contributed by atoms with van der Waals surface area (Å²) in [4.78, 5) is 3.58. The predicted octanol–water partition coefficient (Wildman–Crippen LogP) is 2.44. The average molecular weight is 207 g/mol. The van der Waals surface area contributed by atoms with Crippen molar-refractivity contribution in [1.82, 2.24) is 4.98 Å². The second-order valence-corrected chi connectivity index (χ2v) is 3.00. The lowest BCUT2D eigenvalue weighted by Crippen LogP contribution is -2.03. The van der Waals surface area contributed by atoms with Crippen molar-refractivity contribution in [2.45, 2.75) is 19.9 Å². The fourth-order valence-corrected chi connectivity index (χ4v) is 1.25. The van der Waals surface area contributed by atoms with Crippen molar-refractivity contribution >= 4 is 11.6 Å². The molecule has 0 atom stereocenters. The molecule has 0 aliphatic rings. The second kappa shape index (κ2) is 3.98. The first-order chi connectivity index (χ1) is 6.06. The number of rotatable bonds is 2. The van der Waals surface area contributed by atoms with Crippen LogP contribution in [0.15, 0.2) is 6.07 Å². The van der Waals surface area contributed by atoms with Crippen LogP contribution in [-0.4, -0.2) is 4.98 Å². The van der Waals surface area contributed by atoms with Crippen LogP contribution in [0.5, 0.6) is 0 Å². The fourth-order valence-electron chi connectivity index (χ4n) is 1.02. The van der Waals surface area contributed by atoms with Crippen molar-refractivity contribution in [3.8, 4) is 0 Å². The molecule has 1 aromatic heterocycles. The monoisotopic (exact) mass is 206 g/mol. The van der Waals surface area contributed by atoms with E-state index in [1.807, 2.05) is 0 Å². The van der Waals surface area contributed by atoms with Gasteiger partial charge in [0, 0.05) is 12.1 Å². The molecule has 1 heterocycles. The Hall–Kier alpha value is -0.740. The largest absolute Gasteiger partial charge is 0.326 e. The molecular weight excluding hydrogens is 198 g/mol. The minimum atomic E-state index is -2.59. The zero-order chi connectivity index (χ0) is 10.0. The quantitative estimate of drug-likeness (QED) is 0.755. The van der Waals surface area contributed by atoms with Crippen LogP contribution in [0.2, 0.25) is 5.15 Å². The molecule has 0 aliphatic carbocycles. The maximum absolute atomic E-state index is 12.3. The van der Waals surface area contributed by atoms with Crippen molar-refractivity contribution in [2.75, 3.05) is 0 Å². The molecule has 0 amide bonds. The first-order valence-electron chi connectivity index (χ1n) is 3.70. The van der Waals surface area contributed by atoms with Crippen LogP contribution in [0.3, 0.4) is 0 Å². The van der Waals surface area contributed by atoms with Crippen LogP contribution in [0.1, 0.15) is 23.2 Å². The fraction of sp³-hybridized carbons (Fsp3) is 0.375. The molecule has 0 aliphatic heterocycles. The van der Waals surface area contributed by atoms with Gasteiger partial charge in [-0.1, -0.05) is 11.6 Å². The van der Waals surface area contributed by atoms with E-state index in [0.717, 1.165) is 0 Å². The van der Waals surface area contributed by atoms with Gasteiger partial charge in [0.15, 0.2) is 0 Å². The minimum absolute atomic E-state index is 0.0587. The second-order valence-electron chi connectivity index (χ2n) is 2.65. The summed E-state index contributed by atoms with van der Waals surface area (Å²) in [5.41, 5.74) is 6.06. The van der Waals surface area contributed by atoms with Crippen molar-refractivity contribution < 1.29 is 8.78 Å². The van der Waals surface area contributed by atoms with E-state index < -0.39 is 6.43 Å². The highest BCUT2D eigenvalue weighted by molar-refractivity contribution is 6.30. The molecule has 13 heavy (non-hydrogen) atoms. The number of aromatic nitrogens is 1. The molecule has 2 N–H and O–H groups in total. The van der Waals surface area contributed by atoms with E-state index in [0.29, 0.717) is 11.1 Å². The molecule has 0 spiro atoms. The molecule has 0 saturated heterocycles. The van der Waals surface area contributed by atoms with Gasteiger partial charge in [-0.3, -0.25) is 0 Å². The Morgan fingerprint density at radius 1 is 1.62 bits per heavy atom. The molecule has 0 unspecified atom stereocenters. The number of aryl methyl sites for hydroxylation is 1. The Morgan fingerprint density at radius 2 is 2.23 bits per heavy atom. The molecule has 0 saturated carbocycles. The first-order valence-corrected chi connectivity index (χ1v) is 4.08. The van der Waals surface area contributed by atoms with Gasteiger partial charge >= 0.3 is 0 Å². The van der Waals surface area contributed by atoms with Gasteiger partial charge in [0.05, 0.1) is 0 Å². The molecule has 0 bridgehead atoms. The summed E-state index contributed by atoms with van der Waals surface area (Å²) in [6.07, 6.45) is -2.59. The van der Waals surface area contributed by atoms with E-state index >= 15 is 0 Å². The van der Waals surface area contributed by atoms with Gasteiger partial charge in [-0.15, -0.1) is 0 Å². The molecule has 0 aromatic carbocycles. The van der Waals surface area contributed by atoms with E-state index in [-0.39, 0.29) is 17.4 Å². The van der Waals surface area contributed by atoms with Gasteiger partial charge in [-0.05, 0) is 18.6 Å². The highest BCUT2D eigenvalue weighted by atomic mass is 35.5. The lowest BCUT2D eigenvalue weighted by Gasteiger charge is -2.07. The normalized spacial score (nSPS) is 10.9. The van der Waals surface area contributed by atoms with Gasteiger partial charge in [0.2, 0.25) is 0 Å². The molecule has 5 heteroatoms. The third kappa shape index (κ3) is 2.14. The predicted molar refractivity (Wildman–Crippen MR) is 46.8 cm³/mol. The maximum Gasteiger partial charge on any atom is 0.280 e. The topological polar surface area (TPSA) is 38.9 Å². The zero-order valence-electron chi connectivity index (χ0n) is 7.02. The molecule has 0 radical (unpaired) electrons. The molecule has 1 rings (SSSR count). The average Bonchev–Trinajstić information content (AvgIpc) is 2.07. The summed E-state index contributed by atoms with van der Waals surface area (Å²) in [7, 11) is 0. The van der Waals surface area contributed by atoms with E-state index in [1.165, 1.54) is 6.07 Å². The number of hydrogen-bond acceptors (Lipinski definition) is 2. The number of alkyl halides is 2. The summed E-state index contributed by atoms with van der Waals surface area (Å²) in [5, 5.41) is 0.0587. The molecular formula is C8H9ClF2N2. The Labute approximate surface area is 79.7 Å². The van der Waals surface area contributed by atoms with Gasteiger partial charge in [0.25, 0.3) is 6.43 Å². The van der Waals surface area contributed by atoms with E-state index in [4.69, 9.17) is 17.3 Å². The summed E-state index contributed by atoms with van der Waals surface area (Å²) in [6.45, 7) is 1.76. The van der Waals surface area contributed by atoms with Gasteiger partial charge in [-0.25, -0.2) is 13.8 Å². The van der Waals surface area contributed by atoms with Crippen LogP contribution in [-0.2, 0) is 6.54 Å². The van der Waals surface area contributed by atoms with Gasteiger partial charge < -0.3 is 5.73 Å². The van der Waals surface area contributed by atoms with E-state index in [9.17, 15) is 8.78 Å². The molecule has 72 valence electrons. The van der Waals surface area contributed by atoms with Gasteiger partial charge in [-0.2, -0.15) is 0 Å². The Balaban J connectivity index is 3.20. The Morgan fingerprint density at radius 3 is 2.69 bits per heavy atom. The highest BCUT2D eigenvalue weighted by Crippen LogP contribution is 2.24. The van der Waals surface area contributed by atoms with Crippen molar-refractivity contribution in [3.63, 3.8) is 0 Å². The van der Waals surface area contributed by atoms with Crippen molar-refractivity contribution in [3.05, 3.63) is 28.0 Å². The van der Waals surface area contributed by atoms with Crippen LogP contribution in [0, 0.1) is 6.92 Å². The summed E-state index contributed by atoms with van der Waals surface area (Å²) >= 11 is 5.62. The number of hydrogen-bond donors (Lipinski definition) is 1. The van der Waals surface area contributed by atoms with Crippen LogP contribution in [0.4, 0.5) is 8.78 Å². The minimum Gasteiger partial charge on any atom is -0.326 e. The Bertz CT molecular complexity index is 315. The van der Waals surface area contributed by atoms with E-state index in [2.05, 4.69) is 4.98 Å². The number of halogens is 3. The third-order valence-corrected chi connectivity index (χ3v) is 2.03. The molecule has 0 fully saturated rings. The Kier molecular flexibility index (Phi) is 3.17. The van der Waals surface area contributed by atoms with Crippen LogP contribution in [0.25, 0.3) is 0 Å². The number of nitrogens with two attached hydrogens (primary N) is 1. The SMILES string of the molecule is Cc1cc(CN)c(Cl)nc1C(F)F. The summed E-state index contributed by atoms with van der Waals surface area (Å²) in [5.74, 6) is 0. The highest BCUT2D eigenvalue weighted by Gasteiger charge is 2.14. The number of nitrogens with zero attached hydrogens (tertiary/aromatic N) is 1. The summed E-state index contributed by atoms with van der Waals surface area (Å²) < 4.78 is 24.6. The smallest absolute Gasteiger partial charge is 0.280 e. The number of pyridine rings is 1. The lowest BCUT2D eigenvalue weighted by atomic mass is 10.1. The van der Waals surface area contributed by atoms with Crippen LogP contribution < -0.4 is 5.73 Å².